The van der Waals surface area contributed by atoms with E-state index in [1.54, 1.807) is 11.3 Å². The fourth-order valence-electron chi connectivity index (χ4n) is 2.91. The van der Waals surface area contributed by atoms with E-state index in [1.165, 1.54) is 18.3 Å². The number of aromatic nitrogens is 4. The molecule has 1 aromatic carbocycles. The first-order valence-electron chi connectivity index (χ1n) is 9.32. The van der Waals surface area contributed by atoms with Gasteiger partial charge < -0.3 is 10.6 Å². The summed E-state index contributed by atoms with van der Waals surface area (Å²) in [5.74, 6) is 0.458. The molecule has 3 aromatic heterocycles. The molecule has 31 heavy (non-hydrogen) atoms. The number of thiophene rings is 1. The standard InChI is InChI=1S/C20H18N6O2S3/c1-12(27)21-14-6-4-13(5-7-14)15-11-31-19(22-15)23-17(28)8-9-26-18(24-25-20(26)29)16-3-2-10-30-16/h2-7,10-11H,8-9H2,1H3,(H,21,27)(H,25,29)(H,22,23,28). The molecule has 0 spiro atoms. The van der Waals surface area contributed by atoms with E-state index in [2.05, 4.69) is 25.8 Å². The Kier molecular flexibility index (Phi) is 6.35. The van der Waals surface area contributed by atoms with Crippen LogP contribution in [0.5, 0.6) is 0 Å². The summed E-state index contributed by atoms with van der Waals surface area (Å²) in [4.78, 5) is 29.1. The number of H-pyrrole nitrogens is 1. The lowest BCUT2D eigenvalue weighted by molar-refractivity contribution is -0.116. The van der Waals surface area contributed by atoms with Crippen molar-refractivity contribution in [3.8, 4) is 22.0 Å². The Morgan fingerprint density at radius 1 is 1.16 bits per heavy atom. The van der Waals surface area contributed by atoms with Gasteiger partial charge in [0, 0.05) is 36.5 Å². The van der Waals surface area contributed by atoms with Gasteiger partial charge in [-0.05, 0) is 35.8 Å². The highest BCUT2D eigenvalue weighted by atomic mass is 32.1. The summed E-state index contributed by atoms with van der Waals surface area (Å²) < 4.78 is 2.31. The largest absolute Gasteiger partial charge is 0.326 e. The Morgan fingerprint density at radius 2 is 1.97 bits per heavy atom. The van der Waals surface area contributed by atoms with E-state index in [9.17, 15) is 9.59 Å². The molecular formula is C20H18N6O2S3. The van der Waals surface area contributed by atoms with Gasteiger partial charge >= 0.3 is 0 Å². The molecule has 4 aromatic rings. The summed E-state index contributed by atoms with van der Waals surface area (Å²) >= 11 is 8.23. The molecule has 0 aliphatic heterocycles. The monoisotopic (exact) mass is 470 g/mol. The number of amides is 2. The number of hydrogen-bond donors (Lipinski definition) is 3. The second-order valence-corrected chi connectivity index (χ2v) is 8.77. The smallest absolute Gasteiger partial charge is 0.227 e. The first-order chi connectivity index (χ1) is 15.0. The minimum absolute atomic E-state index is 0.120. The van der Waals surface area contributed by atoms with Crippen LogP contribution in [0.4, 0.5) is 10.8 Å². The molecule has 0 unspecified atom stereocenters. The molecule has 0 radical (unpaired) electrons. The molecule has 0 aliphatic carbocycles. The zero-order valence-electron chi connectivity index (χ0n) is 16.4. The van der Waals surface area contributed by atoms with E-state index in [1.807, 2.05) is 51.7 Å². The van der Waals surface area contributed by atoms with E-state index in [0.29, 0.717) is 16.4 Å². The Hall–Kier alpha value is -3.15. The van der Waals surface area contributed by atoms with Crippen LogP contribution in [0.25, 0.3) is 22.0 Å². The van der Waals surface area contributed by atoms with Crippen LogP contribution in [0.1, 0.15) is 13.3 Å². The van der Waals surface area contributed by atoms with Crippen molar-refractivity contribution in [3.05, 3.63) is 51.9 Å². The summed E-state index contributed by atoms with van der Waals surface area (Å²) in [6.07, 6.45) is 0.243. The predicted molar refractivity (Wildman–Crippen MR) is 126 cm³/mol. The molecule has 2 amide bonds. The highest BCUT2D eigenvalue weighted by Crippen LogP contribution is 2.26. The minimum atomic E-state index is -0.151. The summed E-state index contributed by atoms with van der Waals surface area (Å²) in [5.41, 5.74) is 2.38. The number of nitrogens with one attached hydrogen (secondary N) is 3. The molecule has 0 aliphatic rings. The van der Waals surface area contributed by atoms with Gasteiger partial charge in [-0.25, -0.2) is 4.98 Å². The number of rotatable bonds is 7. The maximum absolute atomic E-state index is 12.4. The topological polar surface area (TPSA) is 105 Å². The van der Waals surface area contributed by atoms with Crippen molar-refractivity contribution in [3.63, 3.8) is 0 Å². The Bertz CT molecular complexity index is 1250. The first-order valence-corrected chi connectivity index (χ1v) is 11.5. The number of carbonyl (C=O) groups is 2. The summed E-state index contributed by atoms with van der Waals surface area (Å²) in [5, 5.41) is 17.0. The van der Waals surface area contributed by atoms with Gasteiger partial charge in [0.2, 0.25) is 11.8 Å². The molecule has 158 valence electrons. The van der Waals surface area contributed by atoms with Crippen molar-refractivity contribution >= 4 is 57.5 Å². The van der Waals surface area contributed by atoms with Gasteiger partial charge in [0.15, 0.2) is 15.7 Å². The van der Waals surface area contributed by atoms with Crippen LogP contribution in [-0.2, 0) is 16.1 Å². The molecule has 0 fully saturated rings. The third kappa shape index (κ3) is 5.13. The highest BCUT2D eigenvalue weighted by molar-refractivity contribution is 7.71. The summed E-state index contributed by atoms with van der Waals surface area (Å²) in [6.45, 7) is 1.88. The fourth-order valence-corrected chi connectivity index (χ4v) is 4.59. The lowest BCUT2D eigenvalue weighted by atomic mass is 10.1. The number of thiazole rings is 1. The van der Waals surface area contributed by atoms with Gasteiger partial charge in [0.05, 0.1) is 10.6 Å². The van der Waals surface area contributed by atoms with Crippen LogP contribution in [0.2, 0.25) is 0 Å². The minimum Gasteiger partial charge on any atom is -0.326 e. The quantitative estimate of drug-likeness (QED) is 0.337. The van der Waals surface area contributed by atoms with Gasteiger partial charge in [0.1, 0.15) is 0 Å². The van der Waals surface area contributed by atoms with E-state index in [-0.39, 0.29) is 18.2 Å². The van der Waals surface area contributed by atoms with Crippen molar-refractivity contribution in [1.82, 2.24) is 19.7 Å². The van der Waals surface area contributed by atoms with Crippen molar-refractivity contribution in [2.75, 3.05) is 10.6 Å². The number of benzene rings is 1. The molecular weight excluding hydrogens is 452 g/mol. The predicted octanol–water partition coefficient (Wildman–Crippen LogP) is 4.78. The molecule has 0 atom stereocenters. The third-order valence-electron chi connectivity index (χ3n) is 4.31. The Balaban J connectivity index is 1.37. The highest BCUT2D eigenvalue weighted by Gasteiger charge is 2.13. The van der Waals surface area contributed by atoms with Crippen LogP contribution in [-0.4, -0.2) is 31.6 Å². The van der Waals surface area contributed by atoms with E-state index >= 15 is 0 Å². The van der Waals surface area contributed by atoms with E-state index in [0.717, 1.165) is 27.6 Å². The van der Waals surface area contributed by atoms with Gasteiger partial charge in [-0.2, -0.15) is 5.10 Å². The van der Waals surface area contributed by atoms with Crippen LogP contribution in [0, 0.1) is 4.77 Å². The fraction of sp³-hybridized carbons (Fsp3) is 0.150. The molecule has 3 heterocycles. The van der Waals surface area contributed by atoms with Crippen molar-refractivity contribution in [2.45, 2.75) is 19.9 Å². The SMILES string of the molecule is CC(=O)Nc1ccc(-c2csc(NC(=O)CCn3c(-c4cccs4)n[nH]c3=S)n2)cc1. The second kappa shape index (κ2) is 9.33. The zero-order valence-corrected chi connectivity index (χ0v) is 18.9. The van der Waals surface area contributed by atoms with Crippen LogP contribution in [0.3, 0.4) is 0 Å². The van der Waals surface area contributed by atoms with Crippen molar-refractivity contribution < 1.29 is 9.59 Å². The van der Waals surface area contributed by atoms with Crippen molar-refractivity contribution in [2.24, 2.45) is 0 Å². The van der Waals surface area contributed by atoms with E-state index in [4.69, 9.17) is 12.2 Å². The number of aromatic amines is 1. The Labute approximate surface area is 191 Å². The maximum atomic E-state index is 12.4. The average molecular weight is 471 g/mol. The normalized spacial score (nSPS) is 10.7. The van der Waals surface area contributed by atoms with Gasteiger partial charge in [0.25, 0.3) is 0 Å². The third-order valence-corrected chi connectivity index (χ3v) is 6.25. The van der Waals surface area contributed by atoms with Gasteiger partial charge in [-0.15, -0.1) is 22.7 Å². The number of nitrogens with zero attached hydrogens (tertiary/aromatic N) is 3. The number of anilines is 2. The molecule has 4 rings (SSSR count). The second-order valence-electron chi connectivity index (χ2n) is 6.58. The molecule has 0 saturated carbocycles. The van der Waals surface area contributed by atoms with E-state index < -0.39 is 0 Å². The van der Waals surface area contributed by atoms with Gasteiger partial charge in [-0.3, -0.25) is 19.3 Å². The zero-order chi connectivity index (χ0) is 21.8. The first kappa shape index (κ1) is 21.1. The average Bonchev–Trinajstić information content (AvgIpc) is 3.48. The lowest BCUT2D eigenvalue weighted by Gasteiger charge is -2.05. The number of hydrogen-bond acceptors (Lipinski definition) is 7. The number of carbonyl (C=O) groups excluding carboxylic acids is 2. The molecule has 0 saturated heterocycles. The van der Waals surface area contributed by atoms with Crippen LogP contribution < -0.4 is 10.6 Å². The lowest BCUT2D eigenvalue weighted by Crippen LogP contribution is -2.14. The molecule has 0 bridgehead atoms. The van der Waals surface area contributed by atoms with Crippen LogP contribution >= 0.6 is 34.9 Å². The Morgan fingerprint density at radius 3 is 2.68 bits per heavy atom. The summed E-state index contributed by atoms with van der Waals surface area (Å²) in [7, 11) is 0. The van der Waals surface area contributed by atoms with Gasteiger partial charge in [-0.1, -0.05) is 18.2 Å². The summed E-state index contributed by atoms with van der Waals surface area (Å²) in [6, 6.07) is 11.3. The maximum Gasteiger partial charge on any atom is 0.227 e. The van der Waals surface area contributed by atoms with Crippen molar-refractivity contribution in [1.29, 1.82) is 0 Å². The molecule has 8 nitrogen and oxygen atoms in total. The van der Waals surface area contributed by atoms with Crippen LogP contribution in [0.15, 0.2) is 47.2 Å². The molecule has 11 heteroatoms. The molecule has 3 N–H and O–H groups in total.